The molecule has 30 heavy (non-hydrogen) atoms. The number of rotatable bonds is 7. The number of halogens is 1. The van der Waals surface area contributed by atoms with E-state index in [1.165, 1.54) is 25.5 Å². The van der Waals surface area contributed by atoms with Gasteiger partial charge in [-0.25, -0.2) is 13.8 Å². The van der Waals surface area contributed by atoms with E-state index < -0.39 is 22.5 Å². The summed E-state index contributed by atoms with van der Waals surface area (Å²) < 4.78 is 30.7. The van der Waals surface area contributed by atoms with E-state index >= 15 is 0 Å². The topological polar surface area (TPSA) is 88.1 Å². The molecular formula is C21H20ClN3O4S. The number of carbonyl (C=O) groups is 1. The number of hydrazone groups is 1. The Morgan fingerprint density at radius 2 is 1.90 bits per heavy atom. The third-order valence-electron chi connectivity index (χ3n) is 4.31. The smallest absolute Gasteiger partial charge is 0.260 e. The molecule has 0 fully saturated rings. The molecule has 0 aliphatic heterocycles. The Hall–Kier alpha value is -3.10. The summed E-state index contributed by atoms with van der Waals surface area (Å²) in [5, 5.41) is 6.32. The van der Waals surface area contributed by atoms with Gasteiger partial charge in [0.05, 0.1) is 25.3 Å². The Labute approximate surface area is 180 Å². The number of sulfonamides is 1. The van der Waals surface area contributed by atoms with Crippen molar-refractivity contribution in [2.24, 2.45) is 5.10 Å². The number of benzene rings is 3. The third-order valence-corrected chi connectivity index (χ3v) is 5.67. The first-order valence-electron chi connectivity index (χ1n) is 8.90. The van der Waals surface area contributed by atoms with E-state index in [1.54, 1.807) is 6.07 Å². The van der Waals surface area contributed by atoms with Gasteiger partial charge in [-0.05, 0) is 29.0 Å². The molecule has 3 aromatic carbocycles. The van der Waals surface area contributed by atoms with Crippen LogP contribution in [0.25, 0.3) is 10.8 Å². The molecule has 0 heterocycles. The summed E-state index contributed by atoms with van der Waals surface area (Å²) in [5.41, 5.74) is 3.36. The fourth-order valence-corrected chi connectivity index (χ4v) is 3.96. The number of methoxy groups -OCH3 is 1. The van der Waals surface area contributed by atoms with Gasteiger partial charge in [-0.15, -0.1) is 0 Å². The first-order chi connectivity index (χ1) is 14.3. The van der Waals surface area contributed by atoms with Crippen molar-refractivity contribution in [2.75, 3.05) is 24.2 Å². The van der Waals surface area contributed by atoms with E-state index in [-0.39, 0.29) is 11.4 Å². The number of carbonyl (C=O) groups excluding carboxylic acids is 1. The van der Waals surface area contributed by atoms with Gasteiger partial charge in [0.15, 0.2) is 0 Å². The summed E-state index contributed by atoms with van der Waals surface area (Å²) in [6.07, 6.45) is 2.52. The molecule has 1 N–H and O–H groups in total. The van der Waals surface area contributed by atoms with Gasteiger partial charge >= 0.3 is 0 Å². The van der Waals surface area contributed by atoms with Gasteiger partial charge in [-0.3, -0.25) is 9.10 Å². The Balaban J connectivity index is 1.79. The first-order valence-corrected chi connectivity index (χ1v) is 11.1. The van der Waals surface area contributed by atoms with Gasteiger partial charge in [0.1, 0.15) is 12.3 Å². The van der Waals surface area contributed by atoms with Crippen LogP contribution in [0.1, 0.15) is 5.56 Å². The van der Waals surface area contributed by atoms with E-state index in [2.05, 4.69) is 10.5 Å². The zero-order chi connectivity index (χ0) is 21.7. The second kappa shape index (κ2) is 9.15. The lowest BCUT2D eigenvalue weighted by molar-refractivity contribution is -0.119. The van der Waals surface area contributed by atoms with Gasteiger partial charge in [-0.1, -0.05) is 54.1 Å². The molecule has 0 saturated carbocycles. The minimum Gasteiger partial charge on any atom is -0.495 e. The zero-order valence-electron chi connectivity index (χ0n) is 16.4. The zero-order valence-corrected chi connectivity index (χ0v) is 17.9. The van der Waals surface area contributed by atoms with Crippen LogP contribution < -0.4 is 14.5 Å². The minimum atomic E-state index is -3.79. The summed E-state index contributed by atoms with van der Waals surface area (Å²) in [4.78, 5) is 12.4. The average Bonchev–Trinajstić information content (AvgIpc) is 2.71. The summed E-state index contributed by atoms with van der Waals surface area (Å²) >= 11 is 6.00. The lowest BCUT2D eigenvalue weighted by Crippen LogP contribution is -2.39. The van der Waals surface area contributed by atoms with Crippen LogP contribution in [0, 0.1) is 0 Å². The highest BCUT2D eigenvalue weighted by Crippen LogP contribution is 2.32. The standard InChI is InChI=1S/C21H20ClN3O4S/c1-29-20-11-10-17(22)12-19(20)25(30(2,27)28)14-21(26)24-23-13-16-8-5-7-15-6-3-4-9-18(15)16/h3-13H,14H2,1-2H3,(H,24,26)/b23-13-. The molecule has 1 amide bonds. The van der Waals surface area contributed by atoms with Crippen LogP contribution in [0.4, 0.5) is 5.69 Å². The van der Waals surface area contributed by atoms with Gasteiger partial charge in [-0.2, -0.15) is 5.10 Å². The van der Waals surface area contributed by atoms with Gasteiger partial charge in [0, 0.05) is 10.6 Å². The number of anilines is 1. The van der Waals surface area contributed by atoms with Crippen molar-refractivity contribution < 1.29 is 17.9 Å². The molecule has 0 saturated heterocycles. The summed E-state index contributed by atoms with van der Waals surface area (Å²) in [6, 6.07) is 18.1. The predicted octanol–water partition coefficient (Wildman–Crippen LogP) is 3.42. The fourth-order valence-electron chi connectivity index (χ4n) is 2.94. The number of ether oxygens (including phenoxy) is 1. The van der Waals surface area contributed by atoms with Crippen molar-refractivity contribution in [1.82, 2.24) is 5.43 Å². The van der Waals surface area contributed by atoms with Crippen LogP contribution in [0.3, 0.4) is 0 Å². The molecule has 3 aromatic rings. The van der Waals surface area contributed by atoms with Crippen LogP contribution in [-0.4, -0.2) is 40.4 Å². The van der Waals surface area contributed by atoms with E-state index in [1.807, 2.05) is 42.5 Å². The van der Waals surface area contributed by atoms with Crippen molar-refractivity contribution in [3.63, 3.8) is 0 Å². The second-order valence-corrected chi connectivity index (χ2v) is 8.79. The average molecular weight is 446 g/mol. The summed E-state index contributed by atoms with van der Waals surface area (Å²) in [6.45, 7) is -0.484. The van der Waals surface area contributed by atoms with Crippen LogP contribution >= 0.6 is 11.6 Å². The van der Waals surface area contributed by atoms with E-state index in [0.29, 0.717) is 5.02 Å². The van der Waals surface area contributed by atoms with Crippen molar-refractivity contribution in [2.45, 2.75) is 0 Å². The molecule has 0 aromatic heterocycles. The monoisotopic (exact) mass is 445 g/mol. The maximum absolute atomic E-state index is 12.4. The Kier molecular flexibility index (Phi) is 6.59. The minimum absolute atomic E-state index is 0.167. The predicted molar refractivity (Wildman–Crippen MR) is 120 cm³/mol. The van der Waals surface area contributed by atoms with Crippen molar-refractivity contribution in [3.05, 3.63) is 71.2 Å². The third kappa shape index (κ3) is 5.08. The van der Waals surface area contributed by atoms with Crippen LogP contribution in [-0.2, 0) is 14.8 Å². The molecular weight excluding hydrogens is 426 g/mol. The van der Waals surface area contributed by atoms with Crippen molar-refractivity contribution >= 4 is 50.2 Å². The molecule has 7 nitrogen and oxygen atoms in total. The van der Waals surface area contributed by atoms with Gasteiger partial charge < -0.3 is 4.74 Å². The molecule has 0 bridgehead atoms. The number of nitrogens with zero attached hydrogens (tertiary/aromatic N) is 2. The SMILES string of the molecule is COc1ccc(Cl)cc1N(CC(=O)N/N=C\c1cccc2ccccc12)S(C)(=O)=O. The lowest BCUT2D eigenvalue weighted by Gasteiger charge is -2.23. The van der Waals surface area contributed by atoms with E-state index in [4.69, 9.17) is 16.3 Å². The van der Waals surface area contributed by atoms with Crippen LogP contribution in [0.15, 0.2) is 65.8 Å². The highest BCUT2D eigenvalue weighted by molar-refractivity contribution is 7.92. The molecule has 0 unspecified atom stereocenters. The molecule has 0 radical (unpaired) electrons. The van der Waals surface area contributed by atoms with Crippen molar-refractivity contribution in [1.29, 1.82) is 0 Å². The maximum atomic E-state index is 12.4. The normalized spacial score (nSPS) is 11.6. The molecule has 0 aliphatic carbocycles. The van der Waals surface area contributed by atoms with E-state index in [9.17, 15) is 13.2 Å². The quantitative estimate of drug-likeness (QED) is 0.446. The molecule has 3 rings (SSSR count). The van der Waals surface area contributed by atoms with Gasteiger partial charge in [0.25, 0.3) is 5.91 Å². The Bertz CT molecular complexity index is 1210. The fraction of sp³-hybridized carbons (Fsp3) is 0.143. The molecule has 0 atom stereocenters. The molecule has 9 heteroatoms. The highest BCUT2D eigenvalue weighted by Gasteiger charge is 2.24. The second-order valence-electron chi connectivity index (χ2n) is 6.45. The lowest BCUT2D eigenvalue weighted by atomic mass is 10.1. The summed E-state index contributed by atoms with van der Waals surface area (Å²) in [5.74, 6) is -0.337. The maximum Gasteiger partial charge on any atom is 0.260 e. The molecule has 0 aliphatic rings. The Morgan fingerprint density at radius 3 is 2.63 bits per heavy atom. The highest BCUT2D eigenvalue weighted by atomic mass is 35.5. The number of fused-ring (bicyclic) bond motifs is 1. The van der Waals surface area contributed by atoms with Gasteiger partial charge in [0.2, 0.25) is 10.0 Å². The number of nitrogens with one attached hydrogen (secondary N) is 1. The molecule has 0 spiro atoms. The summed E-state index contributed by atoms with van der Waals surface area (Å²) in [7, 11) is -2.38. The number of hydrogen-bond donors (Lipinski definition) is 1. The van der Waals surface area contributed by atoms with Crippen LogP contribution in [0.2, 0.25) is 5.02 Å². The first kappa shape index (κ1) is 21.6. The largest absolute Gasteiger partial charge is 0.495 e. The van der Waals surface area contributed by atoms with Crippen molar-refractivity contribution in [3.8, 4) is 5.75 Å². The Morgan fingerprint density at radius 1 is 1.17 bits per heavy atom. The number of hydrogen-bond acceptors (Lipinski definition) is 5. The van der Waals surface area contributed by atoms with Crippen LogP contribution in [0.5, 0.6) is 5.75 Å². The molecule has 156 valence electrons. The van der Waals surface area contributed by atoms with E-state index in [0.717, 1.165) is 26.9 Å². The number of amides is 1.